The van der Waals surface area contributed by atoms with Gasteiger partial charge in [0.1, 0.15) is 11.5 Å². The Bertz CT molecular complexity index is 802. The van der Waals surface area contributed by atoms with Gasteiger partial charge in [-0.05, 0) is 62.7 Å². The zero-order valence-electron chi connectivity index (χ0n) is 17.3. The minimum absolute atomic E-state index is 0.159. The topological polar surface area (TPSA) is 55.8 Å². The monoisotopic (exact) mass is 383 g/mol. The van der Waals surface area contributed by atoms with Crippen molar-refractivity contribution in [3.63, 3.8) is 0 Å². The van der Waals surface area contributed by atoms with Crippen molar-refractivity contribution in [3.8, 4) is 11.5 Å². The molecule has 5 heteroatoms. The zero-order valence-corrected chi connectivity index (χ0v) is 17.3. The fraction of sp³-hybridized carbons (Fsp3) is 0.391. The molecule has 150 valence electrons. The molecular formula is C23H29NO4. The second-order valence-electron chi connectivity index (χ2n) is 7.30. The Morgan fingerprint density at radius 2 is 1.71 bits per heavy atom. The van der Waals surface area contributed by atoms with Crippen LogP contribution in [0.5, 0.6) is 11.5 Å². The van der Waals surface area contributed by atoms with Crippen LogP contribution < -0.4 is 9.47 Å². The quantitative estimate of drug-likeness (QED) is 0.495. The van der Waals surface area contributed by atoms with Crippen molar-refractivity contribution in [2.45, 2.75) is 33.1 Å². The Hall–Kier alpha value is -2.66. The Morgan fingerprint density at radius 1 is 1.04 bits per heavy atom. The highest BCUT2D eigenvalue weighted by atomic mass is 16.5. The van der Waals surface area contributed by atoms with Crippen LogP contribution >= 0.6 is 0 Å². The summed E-state index contributed by atoms with van der Waals surface area (Å²) in [5.41, 5.74) is 1.37. The molecule has 2 rings (SSSR count). The summed E-state index contributed by atoms with van der Waals surface area (Å²) in [5, 5.41) is 0. The van der Waals surface area contributed by atoms with Gasteiger partial charge in [0.25, 0.3) is 0 Å². The van der Waals surface area contributed by atoms with E-state index < -0.39 is 5.97 Å². The maximum Gasteiger partial charge on any atom is 0.343 e. The maximum atomic E-state index is 12.4. The van der Waals surface area contributed by atoms with Gasteiger partial charge in [0, 0.05) is 19.0 Å². The van der Waals surface area contributed by atoms with E-state index in [2.05, 4.69) is 18.7 Å². The molecule has 0 spiro atoms. The molecule has 0 saturated heterocycles. The average molecular weight is 383 g/mol. The Kier molecular flexibility index (Phi) is 7.76. The molecule has 0 heterocycles. The first-order valence-corrected chi connectivity index (χ1v) is 9.56. The van der Waals surface area contributed by atoms with Gasteiger partial charge < -0.3 is 14.4 Å². The highest BCUT2D eigenvalue weighted by molar-refractivity contribution is 5.91. The lowest BCUT2D eigenvalue weighted by Gasteiger charge is -2.27. The predicted octanol–water partition coefficient (Wildman–Crippen LogP) is 4.52. The van der Waals surface area contributed by atoms with E-state index in [1.165, 1.54) is 6.92 Å². The number of nitrogens with zero attached hydrogens (tertiary/aromatic N) is 1. The Labute approximate surface area is 167 Å². The van der Waals surface area contributed by atoms with Crippen molar-refractivity contribution < 1.29 is 19.1 Å². The molecular weight excluding hydrogens is 354 g/mol. The first-order valence-electron chi connectivity index (χ1n) is 9.56. The number of esters is 2. The minimum atomic E-state index is -0.416. The summed E-state index contributed by atoms with van der Waals surface area (Å²) in [6.45, 7) is 6.56. The van der Waals surface area contributed by atoms with Crippen molar-refractivity contribution in [1.82, 2.24) is 4.90 Å². The van der Waals surface area contributed by atoms with Gasteiger partial charge in [-0.1, -0.05) is 32.0 Å². The smallest absolute Gasteiger partial charge is 0.343 e. The van der Waals surface area contributed by atoms with Gasteiger partial charge in [-0.2, -0.15) is 0 Å². The van der Waals surface area contributed by atoms with Crippen LogP contribution in [-0.2, 0) is 4.79 Å². The molecule has 0 saturated carbocycles. The summed E-state index contributed by atoms with van der Waals surface area (Å²) in [6.07, 6.45) is 0.874. The molecule has 0 fully saturated rings. The van der Waals surface area contributed by atoms with Gasteiger partial charge >= 0.3 is 11.9 Å². The van der Waals surface area contributed by atoms with Crippen molar-refractivity contribution in [1.29, 1.82) is 0 Å². The number of hydrogen-bond donors (Lipinski definition) is 0. The van der Waals surface area contributed by atoms with Crippen molar-refractivity contribution in [2.24, 2.45) is 5.92 Å². The average Bonchev–Trinajstić information content (AvgIpc) is 2.64. The van der Waals surface area contributed by atoms with Crippen LogP contribution in [0.1, 0.15) is 49.0 Å². The summed E-state index contributed by atoms with van der Waals surface area (Å²) in [6, 6.07) is 14.0. The summed E-state index contributed by atoms with van der Waals surface area (Å²) in [7, 11) is 4.07. The maximum absolute atomic E-state index is 12.4. The molecule has 0 amide bonds. The van der Waals surface area contributed by atoms with E-state index in [9.17, 15) is 9.59 Å². The SMILES string of the molecule is CCC(c1cc(OC(=O)c2ccccc2)ccc1OC(C)=O)C(C)CN(C)C. The molecule has 0 aliphatic carbocycles. The predicted molar refractivity (Wildman–Crippen MR) is 110 cm³/mol. The normalized spacial score (nSPS) is 13.1. The molecule has 0 bridgehead atoms. The molecule has 5 nitrogen and oxygen atoms in total. The summed E-state index contributed by atoms with van der Waals surface area (Å²) >= 11 is 0. The lowest BCUT2D eigenvalue weighted by Crippen LogP contribution is -2.25. The highest BCUT2D eigenvalue weighted by Gasteiger charge is 2.24. The standard InChI is InChI=1S/C23H29NO4/c1-6-20(16(2)15-24(4)5)21-14-19(12-13-22(21)27-17(3)25)28-23(26)18-10-8-7-9-11-18/h7-14,16,20H,6,15H2,1-5H3. The van der Waals surface area contributed by atoms with Crippen LogP contribution in [0.25, 0.3) is 0 Å². The van der Waals surface area contributed by atoms with Gasteiger partial charge in [0.15, 0.2) is 0 Å². The van der Waals surface area contributed by atoms with E-state index in [0.717, 1.165) is 18.5 Å². The van der Waals surface area contributed by atoms with E-state index in [1.807, 2.05) is 26.2 Å². The minimum Gasteiger partial charge on any atom is -0.426 e. The first kappa shape index (κ1) is 21.6. The van der Waals surface area contributed by atoms with E-state index in [0.29, 0.717) is 23.0 Å². The number of carbonyl (C=O) groups is 2. The fourth-order valence-electron chi connectivity index (χ4n) is 3.50. The van der Waals surface area contributed by atoms with E-state index >= 15 is 0 Å². The van der Waals surface area contributed by atoms with Crippen LogP contribution in [0.15, 0.2) is 48.5 Å². The number of carbonyl (C=O) groups excluding carboxylic acids is 2. The summed E-state index contributed by atoms with van der Waals surface area (Å²) in [4.78, 5) is 26.1. The van der Waals surface area contributed by atoms with Crippen molar-refractivity contribution >= 4 is 11.9 Å². The number of ether oxygens (including phenoxy) is 2. The highest BCUT2D eigenvalue weighted by Crippen LogP contribution is 2.37. The van der Waals surface area contributed by atoms with Gasteiger partial charge in [0.05, 0.1) is 5.56 Å². The third-order valence-corrected chi connectivity index (χ3v) is 4.63. The van der Waals surface area contributed by atoms with Crippen molar-refractivity contribution in [2.75, 3.05) is 20.6 Å². The van der Waals surface area contributed by atoms with Gasteiger partial charge in [-0.25, -0.2) is 4.79 Å². The first-order chi connectivity index (χ1) is 13.3. The summed E-state index contributed by atoms with van der Waals surface area (Å²) < 4.78 is 11.0. The van der Waals surface area contributed by atoms with Crippen LogP contribution in [0.4, 0.5) is 0 Å². The van der Waals surface area contributed by atoms with E-state index in [1.54, 1.807) is 36.4 Å². The molecule has 2 atom stereocenters. The summed E-state index contributed by atoms with van der Waals surface area (Å²) in [5.74, 6) is 0.660. The van der Waals surface area contributed by atoms with E-state index in [4.69, 9.17) is 9.47 Å². The van der Waals surface area contributed by atoms with Gasteiger partial charge in [-0.15, -0.1) is 0 Å². The third kappa shape index (κ3) is 5.92. The molecule has 0 aliphatic heterocycles. The van der Waals surface area contributed by atoms with Crippen LogP contribution in [-0.4, -0.2) is 37.5 Å². The molecule has 0 aromatic heterocycles. The fourth-order valence-corrected chi connectivity index (χ4v) is 3.50. The number of benzene rings is 2. The van der Waals surface area contributed by atoms with Crippen molar-refractivity contribution in [3.05, 3.63) is 59.7 Å². The lowest BCUT2D eigenvalue weighted by molar-refractivity contribution is -0.131. The second-order valence-corrected chi connectivity index (χ2v) is 7.30. The molecule has 0 aliphatic rings. The number of rotatable bonds is 8. The van der Waals surface area contributed by atoms with Gasteiger partial charge in [0.2, 0.25) is 0 Å². The van der Waals surface area contributed by atoms with Crippen LogP contribution in [0.2, 0.25) is 0 Å². The molecule has 0 N–H and O–H groups in total. The second kappa shape index (κ2) is 10.0. The molecule has 2 unspecified atom stereocenters. The molecule has 0 radical (unpaired) electrons. The number of hydrogen-bond acceptors (Lipinski definition) is 5. The third-order valence-electron chi connectivity index (χ3n) is 4.63. The van der Waals surface area contributed by atoms with E-state index in [-0.39, 0.29) is 11.9 Å². The molecule has 2 aromatic rings. The lowest BCUT2D eigenvalue weighted by atomic mass is 9.84. The Morgan fingerprint density at radius 3 is 2.29 bits per heavy atom. The van der Waals surface area contributed by atoms with Crippen LogP contribution in [0.3, 0.4) is 0 Å². The molecule has 2 aromatic carbocycles. The van der Waals surface area contributed by atoms with Gasteiger partial charge in [-0.3, -0.25) is 4.79 Å². The molecule has 28 heavy (non-hydrogen) atoms. The Balaban J connectivity index is 2.35. The largest absolute Gasteiger partial charge is 0.426 e. The zero-order chi connectivity index (χ0) is 20.7. The van der Waals surface area contributed by atoms with Crippen LogP contribution in [0, 0.1) is 5.92 Å².